The first-order valence-electron chi connectivity index (χ1n) is 5.28. The fourth-order valence-corrected chi connectivity index (χ4v) is 1.59. The fourth-order valence-electron chi connectivity index (χ4n) is 1.59. The summed E-state index contributed by atoms with van der Waals surface area (Å²) < 4.78 is 0. The second-order valence-electron chi connectivity index (χ2n) is 3.65. The highest BCUT2D eigenvalue weighted by Crippen LogP contribution is 2.19. The SMILES string of the molecule is NC(=O)NCc1cccc(-c2ccncc2)c1. The van der Waals surface area contributed by atoms with Crippen LogP contribution in [0.4, 0.5) is 4.79 Å². The second-order valence-corrected chi connectivity index (χ2v) is 3.65. The molecule has 0 radical (unpaired) electrons. The lowest BCUT2D eigenvalue weighted by atomic mass is 10.0. The van der Waals surface area contributed by atoms with Crippen molar-refractivity contribution in [3.05, 3.63) is 54.4 Å². The third-order valence-electron chi connectivity index (χ3n) is 2.41. The number of carbonyl (C=O) groups is 1. The van der Waals surface area contributed by atoms with Crippen molar-refractivity contribution in [2.75, 3.05) is 0 Å². The first-order chi connectivity index (χ1) is 8.25. The highest BCUT2D eigenvalue weighted by molar-refractivity contribution is 5.71. The van der Waals surface area contributed by atoms with Gasteiger partial charge in [0.2, 0.25) is 0 Å². The van der Waals surface area contributed by atoms with Gasteiger partial charge in [-0.2, -0.15) is 0 Å². The van der Waals surface area contributed by atoms with E-state index in [9.17, 15) is 4.79 Å². The molecule has 86 valence electrons. The van der Waals surface area contributed by atoms with Gasteiger partial charge in [0, 0.05) is 18.9 Å². The molecule has 0 aliphatic rings. The van der Waals surface area contributed by atoms with Gasteiger partial charge in [-0.05, 0) is 34.9 Å². The van der Waals surface area contributed by atoms with Crippen LogP contribution in [0, 0.1) is 0 Å². The molecule has 3 N–H and O–H groups in total. The largest absolute Gasteiger partial charge is 0.352 e. The van der Waals surface area contributed by atoms with Gasteiger partial charge in [-0.15, -0.1) is 0 Å². The number of hydrogen-bond acceptors (Lipinski definition) is 2. The number of rotatable bonds is 3. The molecule has 1 aromatic heterocycles. The lowest BCUT2D eigenvalue weighted by molar-refractivity contribution is 0.248. The molecule has 2 rings (SSSR count). The normalized spacial score (nSPS) is 9.88. The number of urea groups is 1. The summed E-state index contributed by atoms with van der Waals surface area (Å²) in [6.07, 6.45) is 3.51. The van der Waals surface area contributed by atoms with Crippen molar-refractivity contribution in [2.24, 2.45) is 5.73 Å². The van der Waals surface area contributed by atoms with Crippen molar-refractivity contribution in [1.29, 1.82) is 0 Å². The molecule has 4 heteroatoms. The van der Waals surface area contributed by atoms with Crippen molar-refractivity contribution in [1.82, 2.24) is 10.3 Å². The van der Waals surface area contributed by atoms with E-state index in [-0.39, 0.29) is 0 Å². The summed E-state index contributed by atoms with van der Waals surface area (Å²) in [5, 5.41) is 2.57. The van der Waals surface area contributed by atoms with Crippen LogP contribution in [0.5, 0.6) is 0 Å². The van der Waals surface area contributed by atoms with Crippen molar-refractivity contribution >= 4 is 6.03 Å². The maximum Gasteiger partial charge on any atom is 0.312 e. The van der Waals surface area contributed by atoms with Crippen LogP contribution in [0.2, 0.25) is 0 Å². The zero-order chi connectivity index (χ0) is 12.1. The Labute approximate surface area is 99.5 Å². The molecule has 0 saturated carbocycles. The smallest absolute Gasteiger partial charge is 0.312 e. The van der Waals surface area contributed by atoms with Gasteiger partial charge in [-0.3, -0.25) is 4.98 Å². The molecular formula is C13H13N3O. The molecule has 0 aliphatic carbocycles. The van der Waals surface area contributed by atoms with Gasteiger partial charge in [-0.25, -0.2) is 4.79 Å². The van der Waals surface area contributed by atoms with E-state index in [1.807, 2.05) is 36.4 Å². The molecule has 0 fully saturated rings. The number of nitrogens with two attached hydrogens (primary N) is 1. The molecule has 0 unspecified atom stereocenters. The average molecular weight is 227 g/mol. The molecule has 2 aromatic rings. The third kappa shape index (κ3) is 3.04. The van der Waals surface area contributed by atoms with Crippen molar-refractivity contribution in [3.8, 4) is 11.1 Å². The van der Waals surface area contributed by atoms with Gasteiger partial charge in [0.1, 0.15) is 0 Å². The number of primary amides is 1. The Bertz CT molecular complexity index is 511. The second kappa shape index (κ2) is 5.12. The van der Waals surface area contributed by atoms with Crippen molar-refractivity contribution in [2.45, 2.75) is 6.54 Å². The summed E-state index contributed by atoms with van der Waals surface area (Å²) in [6.45, 7) is 0.439. The molecule has 0 bridgehead atoms. The topological polar surface area (TPSA) is 68.0 Å². The Morgan fingerprint density at radius 2 is 1.94 bits per heavy atom. The van der Waals surface area contributed by atoms with E-state index >= 15 is 0 Å². The number of amides is 2. The lowest BCUT2D eigenvalue weighted by Gasteiger charge is -2.05. The molecule has 0 spiro atoms. The minimum absolute atomic E-state index is 0.439. The monoisotopic (exact) mass is 227 g/mol. The quantitative estimate of drug-likeness (QED) is 0.841. The predicted octanol–water partition coefficient (Wildman–Crippen LogP) is 1.92. The van der Waals surface area contributed by atoms with Crippen LogP contribution >= 0.6 is 0 Å². The van der Waals surface area contributed by atoms with E-state index < -0.39 is 6.03 Å². The third-order valence-corrected chi connectivity index (χ3v) is 2.41. The standard InChI is InChI=1S/C13H13N3O/c14-13(17)16-9-10-2-1-3-12(8-10)11-4-6-15-7-5-11/h1-8H,9H2,(H3,14,16,17). The van der Waals surface area contributed by atoms with E-state index in [1.54, 1.807) is 12.4 Å². The molecule has 1 aromatic carbocycles. The number of pyridine rings is 1. The predicted molar refractivity (Wildman–Crippen MR) is 66.1 cm³/mol. The maximum absolute atomic E-state index is 10.6. The van der Waals surface area contributed by atoms with Crippen LogP contribution in [0.3, 0.4) is 0 Å². The van der Waals surface area contributed by atoms with Gasteiger partial charge in [0.15, 0.2) is 0 Å². The van der Waals surface area contributed by atoms with Crippen LogP contribution in [-0.4, -0.2) is 11.0 Å². The summed E-state index contributed by atoms with van der Waals surface area (Å²) in [5.74, 6) is 0. The molecule has 0 atom stereocenters. The van der Waals surface area contributed by atoms with Crippen LogP contribution in [0.25, 0.3) is 11.1 Å². The maximum atomic E-state index is 10.6. The Morgan fingerprint density at radius 1 is 1.18 bits per heavy atom. The van der Waals surface area contributed by atoms with Crippen molar-refractivity contribution < 1.29 is 4.79 Å². The summed E-state index contributed by atoms with van der Waals surface area (Å²) >= 11 is 0. The Kier molecular flexibility index (Phi) is 3.35. The molecule has 2 amide bonds. The highest BCUT2D eigenvalue weighted by Gasteiger charge is 1.99. The zero-order valence-corrected chi connectivity index (χ0v) is 9.26. The van der Waals surface area contributed by atoms with Gasteiger partial charge < -0.3 is 11.1 Å². The van der Waals surface area contributed by atoms with E-state index in [0.29, 0.717) is 6.54 Å². The molecular weight excluding hydrogens is 214 g/mol. The summed E-state index contributed by atoms with van der Waals surface area (Å²) in [6, 6.07) is 11.3. The summed E-state index contributed by atoms with van der Waals surface area (Å²) in [5.41, 5.74) is 8.24. The molecule has 1 heterocycles. The number of hydrogen-bond donors (Lipinski definition) is 2. The first-order valence-corrected chi connectivity index (χ1v) is 5.28. The minimum atomic E-state index is -0.515. The molecule has 0 saturated heterocycles. The summed E-state index contributed by atoms with van der Waals surface area (Å²) in [7, 11) is 0. The van der Waals surface area contributed by atoms with Gasteiger partial charge in [-0.1, -0.05) is 18.2 Å². The Morgan fingerprint density at radius 3 is 2.65 bits per heavy atom. The molecule has 17 heavy (non-hydrogen) atoms. The number of nitrogens with zero attached hydrogens (tertiary/aromatic N) is 1. The van der Waals surface area contributed by atoms with Gasteiger partial charge in [0.05, 0.1) is 0 Å². The molecule has 4 nitrogen and oxygen atoms in total. The number of carbonyl (C=O) groups excluding carboxylic acids is 1. The minimum Gasteiger partial charge on any atom is -0.352 e. The molecule has 0 aliphatic heterocycles. The lowest BCUT2D eigenvalue weighted by Crippen LogP contribution is -2.28. The van der Waals surface area contributed by atoms with E-state index in [2.05, 4.69) is 10.3 Å². The van der Waals surface area contributed by atoms with Crippen LogP contribution in [0.1, 0.15) is 5.56 Å². The average Bonchev–Trinajstić information content (AvgIpc) is 2.38. The van der Waals surface area contributed by atoms with E-state index in [1.165, 1.54) is 0 Å². The van der Waals surface area contributed by atoms with Crippen LogP contribution in [0.15, 0.2) is 48.8 Å². The highest BCUT2D eigenvalue weighted by atomic mass is 16.2. The van der Waals surface area contributed by atoms with Crippen molar-refractivity contribution in [3.63, 3.8) is 0 Å². The number of benzene rings is 1. The van der Waals surface area contributed by atoms with E-state index in [0.717, 1.165) is 16.7 Å². The fraction of sp³-hybridized carbons (Fsp3) is 0.0769. The summed E-state index contributed by atoms with van der Waals surface area (Å²) in [4.78, 5) is 14.6. The van der Waals surface area contributed by atoms with Gasteiger partial charge >= 0.3 is 6.03 Å². The Hall–Kier alpha value is -2.36. The zero-order valence-electron chi connectivity index (χ0n) is 9.26. The van der Waals surface area contributed by atoms with Crippen LogP contribution in [-0.2, 0) is 6.54 Å². The van der Waals surface area contributed by atoms with Crippen LogP contribution < -0.4 is 11.1 Å². The first kappa shape index (κ1) is 11.1. The Balaban J connectivity index is 2.20. The number of nitrogens with one attached hydrogen (secondary N) is 1. The van der Waals surface area contributed by atoms with E-state index in [4.69, 9.17) is 5.73 Å². The number of aromatic nitrogens is 1. The van der Waals surface area contributed by atoms with Gasteiger partial charge in [0.25, 0.3) is 0 Å².